The number of rotatable bonds is 5. The van der Waals surface area contributed by atoms with Crippen LogP contribution in [0, 0.1) is 0 Å². The van der Waals surface area contributed by atoms with Gasteiger partial charge in [0, 0.05) is 12.4 Å². The van der Waals surface area contributed by atoms with Gasteiger partial charge in [-0.25, -0.2) is 0 Å². The minimum Gasteiger partial charge on any atom is -0.550 e. The average Bonchev–Trinajstić information content (AvgIpc) is 3.01. The van der Waals surface area contributed by atoms with E-state index in [-0.39, 0.29) is 12.2 Å². The van der Waals surface area contributed by atoms with Gasteiger partial charge in [-0.05, 0) is 24.3 Å². The zero-order valence-corrected chi connectivity index (χ0v) is 9.29. The molecule has 6 nitrogen and oxygen atoms in total. The molecule has 0 aliphatic rings. The maximum Gasteiger partial charge on any atom is 0.287 e. The van der Waals surface area contributed by atoms with Crippen molar-refractivity contribution in [1.82, 2.24) is 5.32 Å². The molecule has 2 rings (SSSR count). The number of hydrogen-bond donors (Lipinski definition) is 1. The lowest BCUT2D eigenvalue weighted by Gasteiger charge is -2.16. The summed E-state index contributed by atoms with van der Waals surface area (Å²) in [6.07, 6.45) is 2.38. The SMILES string of the molecule is O=C([O-])C[C@H](NC(=O)c1ccco1)c1ccco1. The first-order valence-corrected chi connectivity index (χ1v) is 5.24. The van der Waals surface area contributed by atoms with E-state index < -0.39 is 17.9 Å². The number of aliphatic carboxylic acids is 1. The number of carboxylic acids is 1. The molecule has 0 fully saturated rings. The van der Waals surface area contributed by atoms with Crippen LogP contribution in [-0.2, 0) is 4.79 Å². The molecule has 0 saturated carbocycles. The van der Waals surface area contributed by atoms with Crippen LogP contribution in [0.25, 0.3) is 0 Å². The first-order valence-electron chi connectivity index (χ1n) is 5.24. The standard InChI is InChI=1S/C12H11NO5/c14-11(15)7-8(9-3-1-5-17-9)13-12(16)10-4-2-6-18-10/h1-6,8H,7H2,(H,13,16)(H,14,15)/p-1/t8-/m0/s1. The lowest BCUT2D eigenvalue weighted by Crippen LogP contribution is -2.33. The maximum atomic E-state index is 11.7. The first-order chi connectivity index (χ1) is 8.66. The number of hydrogen-bond acceptors (Lipinski definition) is 5. The number of carboxylic acid groups (broad SMARTS) is 1. The van der Waals surface area contributed by atoms with Gasteiger partial charge in [-0.15, -0.1) is 0 Å². The first kappa shape index (κ1) is 12.0. The van der Waals surface area contributed by atoms with Gasteiger partial charge in [0.2, 0.25) is 0 Å². The summed E-state index contributed by atoms with van der Waals surface area (Å²) in [4.78, 5) is 22.4. The third-order valence-corrected chi connectivity index (χ3v) is 2.31. The minimum absolute atomic E-state index is 0.102. The lowest BCUT2D eigenvalue weighted by molar-refractivity contribution is -0.306. The fourth-order valence-corrected chi connectivity index (χ4v) is 1.52. The highest BCUT2D eigenvalue weighted by Crippen LogP contribution is 2.17. The van der Waals surface area contributed by atoms with Gasteiger partial charge in [-0.2, -0.15) is 0 Å². The van der Waals surface area contributed by atoms with Crippen molar-refractivity contribution >= 4 is 11.9 Å². The van der Waals surface area contributed by atoms with Crippen LogP contribution in [0.3, 0.4) is 0 Å². The van der Waals surface area contributed by atoms with Crippen LogP contribution in [0.4, 0.5) is 0 Å². The summed E-state index contributed by atoms with van der Waals surface area (Å²) in [5.74, 6) is -1.34. The Kier molecular flexibility index (Phi) is 3.47. The molecule has 1 N–H and O–H groups in total. The Morgan fingerprint density at radius 2 is 1.94 bits per heavy atom. The normalized spacial score (nSPS) is 12.0. The maximum absolute atomic E-state index is 11.7. The van der Waals surface area contributed by atoms with Crippen molar-refractivity contribution in [2.75, 3.05) is 0 Å². The summed E-state index contributed by atoms with van der Waals surface area (Å²) >= 11 is 0. The van der Waals surface area contributed by atoms with E-state index in [2.05, 4.69) is 5.32 Å². The largest absolute Gasteiger partial charge is 0.550 e. The summed E-state index contributed by atoms with van der Waals surface area (Å²) < 4.78 is 9.99. The molecule has 2 heterocycles. The van der Waals surface area contributed by atoms with Crippen LogP contribution in [0.5, 0.6) is 0 Å². The van der Waals surface area contributed by atoms with Crippen LogP contribution in [0.2, 0.25) is 0 Å². The van der Waals surface area contributed by atoms with Gasteiger partial charge in [0.05, 0.1) is 18.6 Å². The van der Waals surface area contributed by atoms with Gasteiger partial charge >= 0.3 is 0 Å². The van der Waals surface area contributed by atoms with Gasteiger partial charge in [-0.1, -0.05) is 0 Å². The van der Waals surface area contributed by atoms with E-state index in [0.717, 1.165) is 0 Å². The van der Waals surface area contributed by atoms with E-state index in [1.807, 2.05) is 0 Å². The molecular weight excluding hydrogens is 238 g/mol. The van der Waals surface area contributed by atoms with Crippen molar-refractivity contribution in [3.8, 4) is 0 Å². The summed E-state index contributed by atoms with van der Waals surface area (Å²) in [6.45, 7) is 0. The summed E-state index contributed by atoms with van der Waals surface area (Å²) in [7, 11) is 0. The van der Waals surface area contributed by atoms with Crippen molar-refractivity contribution in [2.24, 2.45) is 0 Å². The summed E-state index contributed by atoms with van der Waals surface area (Å²) in [5, 5.41) is 13.2. The Balaban J connectivity index is 2.11. The molecule has 0 saturated heterocycles. The Morgan fingerprint density at radius 3 is 2.50 bits per heavy atom. The molecule has 2 aromatic rings. The topological polar surface area (TPSA) is 95.5 Å². The van der Waals surface area contributed by atoms with Gasteiger partial charge in [0.15, 0.2) is 5.76 Å². The molecule has 0 aromatic carbocycles. The predicted molar refractivity (Wildman–Crippen MR) is 57.2 cm³/mol. The van der Waals surface area contributed by atoms with Crippen LogP contribution < -0.4 is 10.4 Å². The van der Waals surface area contributed by atoms with Crippen LogP contribution in [-0.4, -0.2) is 11.9 Å². The number of furan rings is 2. The summed E-state index contributed by atoms with van der Waals surface area (Å²) in [5.41, 5.74) is 0. The fourth-order valence-electron chi connectivity index (χ4n) is 1.52. The molecule has 0 bridgehead atoms. The van der Waals surface area contributed by atoms with E-state index in [1.54, 1.807) is 18.2 Å². The molecule has 18 heavy (non-hydrogen) atoms. The molecule has 1 atom stereocenters. The number of carbonyl (C=O) groups is 2. The van der Waals surface area contributed by atoms with Crippen LogP contribution >= 0.6 is 0 Å². The zero-order valence-electron chi connectivity index (χ0n) is 9.29. The Hall–Kier alpha value is -2.50. The Bertz CT molecular complexity index is 515. The molecule has 0 spiro atoms. The fraction of sp³-hybridized carbons (Fsp3) is 0.167. The van der Waals surface area contributed by atoms with Gasteiger partial charge in [0.1, 0.15) is 5.76 Å². The van der Waals surface area contributed by atoms with Gasteiger partial charge < -0.3 is 24.1 Å². The second-order valence-electron chi connectivity index (χ2n) is 3.59. The van der Waals surface area contributed by atoms with Crippen LogP contribution in [0.1, 0.15) is 28.8 Å². The highest BCUT2D eigenvalue weighted by molar-refractivity contribution is 5.91. The Labute approximate surface area is 102 Å². The molecular formula is C12H10NO5-. The zero-order chi connectivity index (χ0) is 13.0. The molecule has 1 amide bonds. The summed E-state index contributed by atoms with van der Waals surface area (Å²) in [6, 6.07) is 5.44. The van der Waals surface area contributed by atoms with Gasteiger partial charge in [-0.3, -0.25) is 4.79 Å². The highest BCUT2D eigenvalue weighted by Gasteiger charge is 2.19. The van der Waals surface area contributed by atoms with E-state index in [9.17, 15) is 14.7 Å². The average molecular weight is 248 g/mol. The van der Waals surface area contributed by atoms with Crippen molar-refractivity contribution in [3.05, 3.63) is 48.3 Å². The molecule has 94 valence electrons. The van der Waals surface area contributed by atoms with Crippen molar-refractivity contribution < 1.29 is 23.5 Å². The smallest absolute Gasteiger partial charge is 0.287 e. The number of carbonyl (C=O) groups excluding carboxylic acids is 2. The second kappa shape index (κ2) is 5.22. The third-order valence-electron chi connectivity index (χ3n) is 2.31. The number of nitrogens with one attached hydrogen (secondary N) is 1. The predicted octanol–water partition coefficient (Wildman–Crippen LogP) is 0.484. The molecule has 0 unspecified atom stereocenters. The lowest BCUT2D eigenvalue weighted by atomic mass is 10.1. The van der Waals surface area contributed by atoms with Crippen molar-refractivity contribution in [1.29, 1.82) is 0 Å². The highest BCUT2D eigenvalue weighted by atomic mass is 16.4. The molecule has 0 aliphatic carbocycles. The molecule has 6 heteroatoms. The van der Waals surface area contributed by atoms with E-state index >= 15 is 0 Å². The monoisotopic (exact) mass is 248 g/mol. The van der Waals surface area contributed by atoms with Crippen molar-refractivity contribution in [2.45, 2.75) is 12.5 Å². The van der Waals surface area contributed by atoms with Gasteiger partial charge in [0.25, 0.3) is 5.91 Å². The van der Waals surface area contributed by atoms with E-state index in [4.69, 9.17) is 8.83 Å². The van der Waals surface area contributed by atoms with E-state index in [1.165, 1.54) is 18.6 Å². The quantitative estimate of drug-likeness (QED) is 0.830. The minimum atomic E-state index is -1.28. The Morgan fingerprint density at radius 1 is 1.22 bits per heavy atom. The third kappa shape index (κ3) is 2.79. The van der Waals surface area contributed by atoms with E-state index in [0.29, 0.717) is 5.76 Å². The molecule has 2 aromatic heterocycles. The molecule has 0 aliphatic heterocycles. The number of amides is 1. The molecule has 0 radical (unpaired) electrons. The van der Waals surface area contributed by atoms with Crippen molar-refractivity contribution in [3.63, 3.8) is 0 Å². The second-order valence-corrected chi connectivity index (χ2v) is 3.59. The van der Waals surface area contributed by atoms with Crippen LogP contribution in [0.15, 0.2) is 45.6 Å².